The molecular formula is C19H22N2O2S. The van der Waals surface area contributed by atoms with Crippen molar-refractivity contribution in [3.8, 4) is 0 Å². The lowest BCUT2D eigenvalue weighted by Crippen LogP contribution is -2.35. The number of hydrogen-bond acceptors (Lipinski definition) is 3. The van der Waals surface area contributed by atoms with E-state index in [4.69, 9.17) is 0 Å². The molecule has 0 aliphatic carbocycles. The van der Waals surface area contributed by atoms with Gasteiger partial charge >= 0.3 is 0 Å². The van der Waals surface area contributed by atoms with Crippen molar-refractivity contribution >= 4 is 23.2 Å². The summed E-state index contributed by atoms with van der Waals surface area (Å²) in [5.41, 5.74) is 1.72. The number of carbonyl (C=O) groups is 2. The second-order valence-electron chi connectivity index (χ2n) is 6.14. The molecule has 2 aromatic rings. The first-order valence-electron chi connectivity index (χ1n) is 8.36. The summed E-state index contributed by atoms with van der Waals surface area (Å²) >= 11 is 1.49. The molecule has 0 saturated carbocycles. The van der Waals surface area contributed by atoms with Crippen LogP contribution in [0.5, 0.6) is 0 Å². The first-order valence-corrected chi connectivity index (χ1v) is 9.18. The summed E-state index contributed by atoms with van der Waals surface area (Å²) in [6.45, 7) is 4.17. The molecule has 1 aromatic heterocycles. The zero-order chi connectivity index (χ0) is 16.9. The van der Waals surface area contributed by atoms with Gasteiger partial charge in [0.25, 0.3) is 11.8 Å². The molecule has 3 rings (SSSR count). The van der Waals surface area contributed by atoms with Crippen LogP contribution in [0.2, 0.25) is 0 Å². The normalized spacial score (nSPS) is 14.5. The van der Waals surface area contributed by atoms with Crippen LogP contribution in [-0.2, 0) is 6.54 Å². The highest BCUT2D eigenvalue weighted by atomic mass is 32.1. The number of piperidine rings is 1. The van der Waals surface area contributed by atoms with E-state index in [9.17, 15) is 9.59 Å². The number of aryl methyl sites for hydroxylation is 1. The summed E-state index contributed by atoms with van der Waals surface area (Å²) in [4.78, 5) is 28.3. The third kappa shape index (κ3) is 4.03. The van der Waals surface area contributed by atoms with Crippen molar-refractivity contribution in [2.75, 3.05) is 13.1 Å². The summed E-state index contributed by atoms with van der Waals surface area (Å²) in [6.07, 6.45) is 3.41. The maximum Gasteiger partial charge on any atom is 0.261 e. The minimum atomic E-state index is -0.0541. The number of hydrogen-bond donors (Lipinski definition) is 1. The number of nitrogens with zero attached hydrogens (tertiary/aromatic N) is 1. The molecule has 1 aromatic carbocycles. The number of nitrogens with one attached hydrogen (secondary N) is 1. The van der Waals surface area contributed by atoms with Gasteiger partial charge in [-0.15, -0.1) is 11.3 Å². The molecule has 126 valence electrons. The van der Waals surface area contributed by atoms with Gasteiger partial charge in [0, 0.05) is 30.1 Å². The highest BCUT2D eigenvalue weighted by Gasteiger charge is 2.17. The van der Waals surface area contributed by atoms with Crippen molar-refractivity contribution < 1.29 is 9.59 Å². The van der Waals surface area contributed by atoms with Crippen LogP contribution in [0.1, 0.15) is 49.7 Å². The monoisotopic (exact) mass is 342 g/mol. The average Bonchev–Trinajstić information content (AvgIpc) is 3.07. The van der Waals surface area contributed by atoms with Crippen molar-refractivity contribution in [2.45, 2.75) is 32.7 Å². The van der Waals surface area contributed by atoms with E-state index >= 15 is 0 Å². The van der Waals surface area contributed by atoms with Crippen LogP contribution in [0.15, 0.2) is 36.4 Å². The van der Waals surface area contributed by atoms with Crippen LogP contribution in [0.3, 0.4) is 0 Å². The first kappa shape index (κ1) is 16.7. The van der Waals surface area contributed by atoms with Crippen LogP contribution in [-0.4, -0.2) is 29.8 Å². The van der Waals surface area contributed by atoms with Gasteiger partial charge in [0.05, 0.1) is 4.88 Å². The Kier molecular flexibility index (Phi) is 5.30. The molecule has 1 N–H and O–H groups in total. The standard InChI is InChI=1S/C19H22N2O2S/c1-14-5-10-17(24-14)18(22)20-13-15-6-8-16(9-7-15)19(23)21-11-3-2-4-12-21/h5-10H,2-4,11-13H2,1H3,(H,20,22). The second kappa shape index (κ2) is 7.62. The van der Waals surface area contributed by atoms with Crippen LogP contribution < -0.4 is 5.32 Å². The maximum atomic E-state index is 12.4. The SMILES string of the molecule is Cc1ccc(C(=O)NCc2ccc(C(=O)N3CCCCC3)cc2)s1. The second-order valence-corrected chi connectivity index (χ2v) is 7.43. The highest BCUT2D eigenvalue weighted by Crippen LogP contribution is 2.16. The zero-order valence-corrected chi connectivity index (χ0v) is 14.7. The van der Waals surface area contributed by atoms with Crippen molar-refractivity contribution in [3.05, 3.63) is 57.3 Å². The summed E-state index contributed by atoms with van der Waals surface area (Å²) in [5.74, 6) is 0.0564. The molecule has 1 aliphatic rings. The molecule has 4 nitrogen and oxygen atoms in total. The topological polar surface area (TPSA) is 49.4 Å². The molecule has 0 radical (unpaired) electrons. The van der Waals surface area contributed by atoms with E-state index in [-0.39, 0.29) is 11.8 Å². The highest BCUT2D eigenvalue weighted by molar-refractivity contribution is 7.13. The maximum absolute atomic E-state index is 12.4. The molecule has 0 atom stereocenters. The smallest absolute Gasteiger partial charge is 0.261 e. The zero-order valence-electron chi connectivity index (χ0n) is 13.9. The van der Waals surface area contributed by atoms with E-state index in [2.05, 4.69) is 5.32 Å². The Balaban J connectivity index is 1.56. The van der Waals surface area contributed by atoms with Crippen LogP contribution >= 0.6 is 11.3 Å². The van der Waals surface area contributed by atoms with Crippen LogP contribution in [0, 0.1) is 6.92 Å². The van der Waals surface area contributed by atoms with E-state index in [1.165, 1.54) is 17.8 Å². The lowest BCUT2D eigenvalue weighted by Gasteiger charge is -2.26. The van der Waals surface area contributed by atoms with E-state index < -0.39 is 0 Å². The molecule has 1 fully saturated rings. The fraction of sp³-hybridized carbons (Fsp3) is 0.368. The van der Waals surface area contributed by atoms with E-state index in [0.717, 1.165) is 46.8 Å². The number of carbonyl (C=O) groups excluding carboxylic acids is 2. The Morgan fingerprint density at radius 2 is 1.75 bits per heavy atom. The summed E-state index contributed by atoms with van der Waals surface area (Å²) < 4.78 is 0. The molecule has 0 bridgehead atoms. The van der Waals surface area contributed by atoms with E-state index in [1.54, 1.807) is 0 Å². The summed E-state index contributed by atoms with van der Waals surface area (Å²) in [6, 6.07) is 11.3. The lowest BCUT2D eigenvalue weighted by molar-refractivity contribution is 0.0724. The lowest BCUT2D eigenvalue weighted by atomic mass is 10.1. The van der Waals surface area contributed by atoms with E-state index in [1.807, 2.05) is 48.2 Å². The van der Waals surface area contributed by atoms with Crippen molar-refractivity contribution in [1.29, 1.82) is 0 Å². The van der Waals surface area contributed by atoms with Gasteiger partial charge < -0.3 is 10.2 Å². The predicted molar refractivity (Wildman–Crippen MR) is 96.4 cm³/mol. The number of thiophene rings is 1. The molecule has 24 heavy (non-hydrogen) atoms. The van der Waals surface area contributed by atoms with Gasteiger partial charge in [-0.2, -0.15) is 0 Å². The number of rotatable bonds is 4. The summed E-state index contributed by atoms with van der Waals surface area (Å²) in [7, 11) is 0. The van der Waals surface area contributed by atoms with Gasteiger partial charge in [0.2, 0.25) is 0 Å². The molecule has 2 amide bonds. The van der Waals surface area contributed by atoms with Gasteiger partial charge in [-0.05, 0) is 56.0 Å². The van der Waals surface area contributed by atoms with Gasteiger partial charge in [-0.3, -0.25) is 9.59 Å². The number of benzene rings is 1. The molecule has 1 aliphatic heterocycles. The molecular weight excluding hydrogens is 320 g/mol. The van der Waals surface area contributed by atoms with Gasteiger partial charge in [-0.25, -0.2) is 0 Å². The summed E-state index contributed by atoms with van der Waals surface area (Å²) in [5, 5.41) is 2.92. The Bertz CT molecular complexity index is 715. The van der Waals surface area contributed by atoms with Gasteiger partial charge in [-0.1, -0.05) is 12.1 Å². The molecule has 1 saturated heterocycles. The predicted octanol–water partition coefficient (Wildman–Crippen LogP) is 3.61. The Hall–Kier alpha value is -2.14. The van der Waals surface area contributed by atoms with Crippen molar-refractivity contribution in [1.82, 2.24) is 10.2 Å². The molecule has 0 unspecified atom stereocenters. The molecule has 2 heterocycles. The van der Waals surface area contributed by atoms with Crippen molar-refractivity contribution in [3.63, 3.8) is 0 Å². The average molecular weight is 342 g/mol. The van der Waals surface area contributed by atoms with Gasteiger partial charge in [0.15, 0.2) is 0 Å². The minimum absolute atomic E-state index is 0.0541. The van der Waals surface area contributed by atoms with Crippen LogP contribution in [0.4, 0.5) is 0 Å². The number of likely N-dealkylation sites (tertiary alicyclic amines) is 1. The third-order valence-electron chi connectivity index (χ3n) is 4.26. The Labute approximate surface area is 146 Å². The fourth-order valence-electron chi connectivity index (χ4n) is 2.87. The number of amides is 2. The first-order chi connectivity index (χ1) is 11.6. The third-order valence-corrected chi connectivity index (χ3v) is 5.26. The quantitative estimate of drug-likeness (QED) is 0.923. The van der Waals surface area contributed by atoms with E-state index in [0.29, 0.717) is 6.54 Å². The molecule has 0 spiro atoms. The Morgan fingerprint density at radius 3 is 2.38 bits per heavy atom. The van der Waals surface area contributed by atoms with Gasteiger partial charge in [0.1, 0.15) is 0 Å². The fourth-order valence-corrected chi connectivity index (χ4v) is 3.65. The Morgan fingerprint density at radius 1 is 1.04 bits per heavy atom. The van der Waals surface area contributed by atoms with Crippen molar-refractivity contribution in [2.24, 2.45) is 0 Å². The van der Waals surface area contributed by atoms with Crippen LogP contribution in [0.25, 0.3) is 0 Å². The molecule has 5 heteroatoms. The largest absolute Gasteiger partial charge is 0.347 e. The minimum Gasteiger partial charge on any atom is -0.347 e.